The van der Waals surface area contributed by atoms with Crippen LogP contribution in [-0.2, 0) is 12.4 Å². The molecule has 1 spiro atoms. The van der Waals surface area contributed by atoms with E-state index in [9.17, 15) is 31.1 Å². The van der Waals surface area contributed by atoms with E-state index in [0.717, 1.165) is 18.5 Å². The van der Waals surface area contributed by atoms with Crippen molar-refractivity contribution in [3.8, 4) is 0 Å². The van der Waals surface area contributed by atoms with Gasteiger partial charge in [-0.1, -0.05) is 30.3 Å². The molecule has 38 heavy (non-hydrogen) atoms. The molecular formula is C28H31F6N3O. The maximum Gasteiger partial charge on any atom is 0.416 e. The van der Waals surface area contributed by atoms with Crippen molar-refractivity contribution < 1.29 is 31.1 Å². The summed E-state index contributed by atoms with van der Waals surface area (Å²) in [7, 11) is 3.97. The van der Waals surface area contributed by atoms with Crippen molar-refractivity contribution in [3.63, 3.8) is 0 Å². The third-order valence-corrected chi connectivity index (χ3v) is 7.41. The van der Waals surface area contributed by atoms with Crippen molar-refractivity contribution >= 4 is 12.1 Å². The van der Waals surface area contributed by atoms with E-state index in [1.807, 2.05) is 50.6 Å². The highest BCUT2D eigenvalue weighted by atomic mass is 19.4. The van der Waals surface area contributed by atoms with Gasteiger partial charge in [-0.05, 0) is 76.0 Å². The third-order valence-electron chi connectivity index (χ3n) is 7.41. The first-order valence-electron chi connectivity index (χ1n) is 12.6. The summed E-state index contributed by atoms with van der Waals surface area (Å²) < 4.78 is 80.7. The minimum atomic E-state index is -5.02. The summed E-state index contributed by atoms with van der Waals surface area (Å²) in [5, 5.41) is 0. The zero-order chi connectivity index (χ0) is 27.7. The quantitative estimate of drug-likeness (QED) is 0.228. The first-order valence-corrected chi connectivity index (χ1v) is 12.6. The number of benzene rings is 2. The number of nitrogens with zero attached hydrogens (tertiary/aromatic N) is 3. The predicted octanol–water partition coefficient (Wildman–Crippen LogP) is 6.53. The molecule has 1 saturated heterocycles. The Kier molecular flexibility index (Phi) is 7.93. The number of amides is 1. The van der Waals surface area contributed by atoms with Crippen LogP contribution in [0.5, 0.6) is 0 Å². The Morgan fingerprint density at radius 2 is 1.66 bits per heavy atom. The molecular weight excluding hydrogens is 508 g/mol. The van der Waals surface area contributed by atoms with Gasteiger partial charge in [0.25, 0.3) is 5.91 Å². The second kappa shape index (κ2) is 10.7. The molecule has 2 aliphatic rings. The minimum Gasteiger partial charge on any atom is -0.332 e. The Bertz CT molecular complexity index is 1130. The van der Waals surface area contributed by atoms with Gasteiger partial charge in [-0.3, -0.25) is 9.79 Å². The fourth-order valence-corrected chi connectivity index (χ4v) is 5.48. The summed E-state index contributed by atoms with van der Waals surface area (Å²) in [4.78, 5) is 21.8. The van der Waals surface area contributed by atoms with E-state index >= 15 is 0 Å². The first kappa shape index (κ1) is 28.1. The van der Waals surface area contributed by atoms with Gasteiger partial charge in [0.2, 0.25) is 0 Å². The van der Waals surface area contributed by atoms with Crippen LogP contribution in [0.25, 0.3) is 0 Å². The largest absolute Gasteiger partial charge is 0.416 e. The molecule has 1 unspecified atom stereocenters. The van der Waals surface area contributed by atoms with Crippen molar-refractivity contribution in [2.24, 2.45) is 10.9 Å². The lowest BCUT2D eigenvalue weighted by atomic mass is 9.86. The van der Waals surface area contributed by atoms with Crippen LogP contribution < -0.4 is 0 Å². The monoisotopic (exact) mass is 539 g/mol. The van der Waals surface area contributed by atoms with E-state index in [2.05, 4.69) is 9.89 Å². The molecule has 1 saturated carbocycles. The number of hydrogen-bond donors (Lipinski definition) is 0. The number of carbonyl (C=O) groups is 1. The van der Waals surface area contributed by atoms with Gasteiger partial charge in [0.15, 0.2) is 0 Å². The van der Waals surface area contributed by atoms with Gasteiger partial charge >= 0.3 is 12.4 Å². The van der Waals surface area contributed by atoms with Crippen LogP contribution in [0.3, 0.4) is 0 Å². The Morgan fingerprint density at radius 1 is 1.03 bits per heavy atom. The van der Waals surface area contributed by atoms with Crippen molar-refractivity contribution in [2.75, 3.05) is 33.7 Å². The summed E-state index contributed by atoms with van der Waals surface area (Å²) in [6.45, 7) is 1.80. The van der Waals surface area contributed by atoms with Crippen LogP contribution in [0.1, 0.15) is 58.6 Å². The number of hydrogen-bond acceptors (Lipinski definition) is 3. The molecule has 2 fully saturated rings. The fraction of sp³-hybridized carbons (Fsp3) is 0.500. The highest BCUT2D eigenvalue weighted by Crippen LogP contribution is 2.61. The lowest BCUT2D eigenvalue weighted by Crippen LogP contribution is -2.49. The summed E-state index contributed by atoms with van der Waals surface area (Å²) in [5.41, 5.74) is -3.25. The summed E-state index contributed by atoms with van der Waals surface area (Å²) >= 11 is 0. The summed E-state index contributed by atoms with van der Waals surface area (Å²) in [5.74, 6) is -0.786. The summed E-state index contributed by atoms with van der Waals surface area (Å²) in [6, 6.07) is 10.6. The van der Waals surface area contributed by atoms with Crippen molar-refractivity contribution in [1.82, 2.24) is 9.80 Å². The van der Waals surface area contributed by atoms with Crippen molar-refractivity contribution in [1.29, 1.82) is 0 Å². The zero-order valence-corrected chi connectivity index (χ0v) is 21.3. The molecule has 0 N–H and O–H groups in total. The minimum absolute atomic E-state index is 0.0505. The van der Waals surface area contributed by atoms with E-state index < -0.39 is 40.5 Å². The molecule has 10 heteroatoms. The molecule has 2 aromatic rings. The van der Waals surface area contributed by atoms with Crippen LogP contribution in [0.15, 0.2) is 53.5 Å². The van der Waals surface area contributed by atoms with Crippen molar-refractivity contribution in [3.05, 3.63) is 70.8 Å². The standard InChI is InChI=1S/C28H31F6N3O/c1-36(2)11-6-10-35-18-19-9-12-37(26(16-19)17-24(26)20-7-4-3-5-8-20)25(38)21-13-22(27(29,30)31)15-23(14-21)28(32,33)34/h3-5,7-8,13-15,18-19,24H,6,9-12,16-17H2,1-2H3/t19?,24-,26+/m1/s1. The molecule has 3 atom stereocenters. The molecule has 0 bridgehead atoms. The number of aliphatic imine (C=N–C) groups is 1. The molecule has 4 rings (SSSR count). The predicted molar refractivity (Wildman–Crippen MR) is 133 cm³/mol. The third kappa shape index (κ3) is 6.22. The number of piperidine rings is 1. The molecule has 0 aromatic heterocycles. The SMILES string of the molecule is CN(C)CCCN=CC1CCN(C(=O)c2cc(C(F)(F)F)cc(C(F)(F)F)c2)[C@@]2(C1)C[C@@H]2c1ccccc1. The van der Waals surface area contributed by atoms with Gasteiger partial charge in [-0.2, -0.15) is 26.3 Å². The normalized spacial score (nSPS) is 24.0. The number of alkyl halides is 6. The molecule has 4 nitrogen and oxygen atoms in total. The molecule has 1 aliphatic heterocycles. The highest BCUT2D eigenvalue weighted by molar-refractivity contribution is 5.96. The molecule has 1 heterocycles. The number of halogens is 6. The lowest BCUT2D eigenvalue weighted by molar-refractivity contribution is -0.143. The Balaban J connectivity index is 1.63. The molecule has 1 amide bonds. The lowest BCUT2D eigenvalue weighted by Gasteiger charge is -2.40. The molecule has 2 aromatic carbocycles. The van der Waals surface area contributed by atoms with E-state index in [1.165, 1.54) is 4.90 Å². The topological polar surface area (TPSA) is 35.9 Å². The summed E-state index contributed by atoms with van der Waals surface area (Å²) in [6.07, 6.45) is -5.54. The van der Waals surface area contributed by atoms with E-state index in [0.29, 0.717) is 37.9 Å². The van der Waals surface area contributed by atoms with Crippen LogP contribution in [0.4, 0.5) is 26.3 Å². The Hall–Kier alpha value is -2.88. The average molecular weight is 540 g/mol. The molecule has 0 radical (unpaired) electrons. The van der Waals surface area contributed by atoms with E-state index in [4.69, 9.17) is 0 Å². The number of carbonyl (C=O) groups excluding carboxylic acids is 1. The van der Waals surface area contributed by atoms with E-state index in [1.54, 1.807) is 0 Å². The number of rotatable bonds is 7. The highest BCUT2D eigenvalue weighted by Gasteiger charge is 2.62. The van der Waals surface area contributed by atoms with Gasteiger partial charge in [-0.25, -0.2) is 0 Å². The van der Waals surface area contributed by atoms with Gasteiger partial charge < -0.3 is 9.80 Å². The van der Waals surface area contributed by atoms with Crippen LogP contribution >= 0.6 is 0 Å². The first-order chi connectivity index (χ1) is 17.8. The smallest absolute Gasteiger partial charge is 0.332 e. The van der Waals surface area contributed by atoms with E-state index in [-0.39, 0.29) is 24.4 Å². The number of likely N-dealkylation sites (tertiary alicyclic amines) is 1. The molecule has 206 valence electrons. The zero-order valence-electron chi connectivity index (χ0n) is 21.3. The van der Waals surface area contributed by atoms with Crippen LogP contribution in [0, 0.1) is 5.92 Å². The fourth-order valence-electron chi connectivity index (χ4n) is 5.48. The second-order valence-corrected chi connectivity index (χ2v) is 10.5. The maximum absolute atomic E-state index is 13.6. The van der Waals surface area contributed by atoms with Gasteiger partial charge in [0.05, 0.1) is 16.7 Å². The van der Waals surface area contributed by atoms with Crippen LogP contribution in [-0.4, -0.2) is 61.2 Å². The Labute approximate surface area is 218 Å². The van der Waals surface area contributed by atoms with Gasteiger partial charge in [0, 0.05) is 30.8 Å². The van der Waals surface area contributed by atoms with Crippen molar-refractivity contribution in [2.45, 2.75) is 49.5 Å². The van der Waals surface area contributed by atoms with Gasteiger partial charge in [0.1, 0.15) is 0 Å². The maximum atomic E-state index is 13.6. The van der Waals surface area contributed by atoms with Crippen LogP contribution in [0.2, 0.25) is 0 Å². The van der Waals surface area contributed by atoms with Gasteiger partial charge in [-0.15, -0.1) is 0 Å². The Morgan fingerprint density at radius 3 is 2.24 bits per heavy atom. The second-order valence-electron chi connectivity index (χ2n) is 10.5. The molecule has 1 aliphatic carbocycles. The average Bonchev–Trinajstić information content (AvgIpc) is 3.56.